The van der Waals surface area contributed by atoms with Crippen molar-refractivity contribution in [2.45, 2.75) is 98.2 Å². The third kappa shape index (κ3) is 10.1. The highest BCUT2D eigenvalue weighted by atomic mass is 35.5. The minimum absolute atomic E-state index is 0.0198. The van der Waals surface area contributed by atoms with Gasteiger partial charge in [-0.3, -0.25) is 14.4 Å². The molecule has 0 saturated carbocycles. The molecule has 266 valence electrons. The van der Waals surface area contributed by atoms with Crippen LogP contribution in [0.15, 0.2) is 48.6 Å². The molecule has 10 nitrogen and oxygen atoms in total. The Kier molecular flexibility index (Phi) is 12.5. The fourth-order valence-corrected chi connectivity index (χ4v) is 6.04. The molecular formula is C38H49ClN2O8. The number of epoxide rings is 1. The summed E-state index contributed by atoms with van der Waals surface area (Å²) in [5, 5.41) is 5.93. The Morgan fingerprint density at radius 2 is 1.73 bits per heavy atom. The molecule has 0 aromatic heterocycles. The van der Waals surface area contributed by atoms with Crippen LogP contribution in [0, 0.1) is 31.1 Å². The first kappa shape index (κ1) is 37.9. The number of ether oxygens (including phenoxy) is 4. The number of methoxy groups -OCH3 is 1. The van der Waals surface area contributed by atoms with Crippen molar-refractivity contribution in [2.24, 2.45) is 17.3 Å². The van der Waals surface area contributed by atoms with Gasteiger partial charge in [0, 0.05) is 25.3 Å². The maximum atomic E-state index is 13.7. The first-order valence-corrected chi connectivity index (χ1v) is 17.2. The van der Waals surface area contributed by atoms with Crippen molar-refractivity contribution in [1.29, 1.82) is 0 Å². The molecule has 4 rings (SSSR count). The first-order chi connectivity index (χ1) is 23.1. The van der Waals surface area contributed by atoms with Gasteiger partial charge in [0.2, 0.25) is 11.8 Å². The summed E-state index contributed by atoms with van der Waals surface area (Å²) in [5.41, 5.74) is 2.89. The number of nitrogens with one attached hydrogen (secondary N) is 2. The molecule has 1 fully saturated rings. The summed E-state index contributed by atoms with van der Waals surface area (Å²) in [5.74, 6) is -2.07. The lowest BCUT2D eigenvalue weighted by Gasteiger charge is -2.29. The van der Waals surface area contributed by atoms with E-state index in [0.29, 0.717) is 16.3 Å². The molecule has 2 heterocycles. The molecule has 0 bridgehead atoms. The Bertz CT molecular complexity index is 1570. The van der Waals surface area contributed by atoms with Crippen LogP contribution in [0.25, 0.3) is 0 Å². The lowest BCUT2D eigenvalue weighted by molar-refractivity contribution is -0.179. The molecule has 2 N–H and O–H groups in total. The number of carbonyl (C=O) groups excluding carboxylic acids is 4. The van der Waals surface area contributed by atoms with E-state index in [9.17, 15) is 19.2 Å². The van der Waals surface area contributed by atoms with Gasteiger partial charge in [-0.1, -0.05) is 62.7 Å². The second-order valence-corrected chi connectivity index (χ2v) is 14.6. The maximum absolute atomic E-state index is 13.7. The van der Waals surface area contributed by atoms with E-state index < -0.39 is 47.4 Å². The fourth-order valence-electron chi connectivity index (χ4n) is 5.76. The first-order valence-electron chi connectivity index (χ1n) is 16.8. The second kappa shape index (κ2) is 16.2. The minimum atomic E-state index is -1.20. The molecule has 11 heteroatoms. The Morgan fingerprint density at radius 3 is 2.39 bits per heavy atom. The summed E-state index contributed by atoms with van der Waals surface area (Å²) in [4.78, 5) is 53.8. The quantitative estimate of drug-likeness (QED) is 0.264. The van der Waals surface area contributed by atoms with Crippen molar-refractivity contribution in [3.8, 4) is 5.75 Å². The molecule has 0 spiro atoms. The van der Waals surface area contributed by atoms with E-state index in [2.05, 4.69) is 36.6 Å². The highest BCUT2D eigenvalue weighted by molar-refractivity contribution is 6.32. The van der Waals surface area contributed by atoms with Crippen molar-refractivity contribution >= 4 is 35.4 Å². The van der Waals surface area contributed by atoms with Gasteiger partial charge < -0.3 is 29.6 Å². The molecule has 0 unspecified atom stereocenters. The highest BCUT2D eigenvalue weighted by Gasteiger charge is 2.48. The van der Waals surface area contributed by atoms with Crippen LogP contribution in [0.3, 0.4) is 0 Å². The number of carbonyl (C=O) groups is 4. The van der Waals surface area contributed by atoms with E-state index in [-0.39, 0.29) is 49.9 Å². The number of cyclic esters (lactones) is 2. The number of esters is 2. The Morgan fingerprint density at radius 1 is 1.00 bits per heavy atom. The van der Waals surface area contributed by atoms with Gasteiger partial charge in [0.1, 0.15) is 24.0 Å². The molecule has 0 radical (unpaired) electrons. The number of hydrogen-bond donors (Lipinski definition) is 2. The lowest BCUT2D eigenvalue weighted by atomic mass is 9.92. The predicted molar refractivity (Wildman–Crippen MR) is 186 cm³/mol. The summed E-state index contributed by atoms with van der Waals surface area (Å²) in [6.07, 6.45) is 1.32. The van der Waals surface area contributed by atoms with Gasteiger partial charge in [-0.15, -0.1) is 0 Å². The van der Waals surface area contributed by atoms with Gasteiger partial charge in [-0.05, 0) is 80.5 Å². The standard InChI is InChI=1S/C38H49ClN2O8/c1-21(2)16-31-36(44)47-29(24(5)33-34(49-33)26-14-12-22(3)23(4)17-26)10-9-11-32(42)41-28(19-25-13-15-30(46-8)27(39)18-25)35(43)40-20-38(6,7)37(45)48-31/h9,11-15,17-18,21,24,28-29,31,33-34H,10,16,19-20H2,1-8H3,(H,40,43)(H,41,42)/b11-9+/t24-,28+,29-,31-,33+,34-/m0/s1. The van der Waals surface area contributed by atoms with Crippen LogP contribution < -0.4 is 15.4 Å². The largest absolute Gasteiger partial charge is 0.495 e. The topological polar surface area (TPSA) is 133 Å². The zero-order valence-electron chi connectivity index (χ0n) is 29.6. The summed E-state index contributed by atoms with van der Waals surface area (Å²) >= 11 is 6.33. The summed E-state index contributed by atoms with van der Waals surface area (Å²) in [6, 6.07) is 10.4. The second-order valence-electron chi connectivity index (χ2n) is 14.2. The van der Waals surface area contributed by atoms with Gasteiger partial charge in [-0.2, -0.15) is 0 Å². The summed E-state index contributed by atoms with van der Waals surface area (Å²) < 4.78 is 23.2. The Hall–Kier alpha value is -3.89. The average Bonchev–Trinajstić information content (AvgIpc) is 3.84. The van der Waals surface area contributed by atoms with E-state index in [4.69, 9.17) is 30.5 Å². The number of amides is 2. The van der Waals surface area contributed by atoms with Gasteiger partial charge in [-0.25, -0.2) is 4.79 Å². The molecule has 2 aromatic rings. The van der Waals surface area contributed by atoms with Crippen LogP contribution in [0.1, 0.15) is 75.8 Å². The van der Waals surface area contributed by atoms with Crippen LogP contribution in [0.4, 0.5) is 0 Å². The number of rotatable bonds is 8. The minimum Gasteiger partial charge on any atom is -0.495 e. The molecule has 0 aliphatic carbocycles. The van der Waals surface area contributed by atoms with Gasteiger partial charge in [0.15, 0.2) is 6.10 Å². The molecule has 2 aliphatic heterocycles. The van der Waals surface area contributed by atoms with Crippen molar-refractivity contribution in [1.82, 2.24) is 10.6 Å². The normalized spacial score (nSPS) is 26.2. The zero-order chi connectivity index (χ0) is 36.0. The van der Waals surface area contributed by atoms with E-state index in [0.717, 1.165) is 11.1 Å². The highest BCUT2D eigenvalue weighted by Crippen LogP contribution is 2.45. The summed E-state index contributed by atoms with van der Waals surface area (Å²) in [7, 11) is 1.51. The molecule has 1 saturated heterocycles. The Balaban J connectivity index is 1.62. The van der Waals surface area contributed by atoms with Crippen LogP contribution >= 0.6 is 11.6 Å². The van der Waals surface area contributed by atoms with E-state index in [1.54, 1.807) is 38.1 Å². The van der Waals surface area contributed by atoms with Crippen molar-refractivity contribution in [2.75, 3.05) is 13.7 Å². The number of aryl methyl sites for hydroxylation is 2. The fraction of sp³-hybridized carbons (Fsp3) is 0.526. The number of hydrogen-bond acceptors (Lipinski definition) is 8. The van der Waals surface area contributed by atoms with Crippen LogP contribution in [0.2, 0.25) is 5.02 Å². The van der Waals surface area contributed by atoms with Crippen molar-refractivity contribution < 1.29 is 38.1 Å². The van der Waals surface area contributed by atoms with Crippen molar-refractivity contribution in [3.63, 3.8) is 0 Å². The monoisotopic (exact) mass is 696 g/mol. The molecule has 49 heavy (non-hydrogen) atoms. The molecule has 2 amide bonds. The molecular weight excluding hydrogens is 648 g/mol. The van der Waals surface area contributed by atoms with E-state index in [1.807, 2.05) is 26.8 Å². The molecule has 2 aliphatic rings. The predicted octanol–water partition coefficient (Wildman–Crippen LogP) is 5.74. The van der Waals surface area contributed by atoms with Crippen LogP contribution in [-0.4, -0.2) is 61.8 Å². The number of benzene rings is 2. The van der Waals surface area contributed by atoms with Gasteiger partial charge >= 0.3 is 11.9 Å². The third-order valence-corrected chi connectivity index (χ3v) is 9.43. The van der Waals surface area contributed by atoms with E-state index in [1.165, 1.54) is 18.7 Å². The number of halogens is 1. The zero-order valence-corrected chi connectivity index (χ0v) is 30.4. The summed E-state index contributed by atoms with van der Waals surface area (Å²) in [6.45, 7) is 13.1. The average molecular weight is 697 g/mol. The maximum Gasteiger partial charge on any atom is 0.347 e. The van der Waals surface area contributed by atoms with Crippen LogP contribution in [0.5, 0.6) is 5.75 Å². The smallest absolute Gasteiger partial charge is 0.347 e. The SMILES string of the molecule is COc1ccc(C[C@H]2NC(=O)/C=C/C[C@@H]([C@H](C)[C@H]3O[C@H]3c3ccc(C)c(C)c3)OC(=O)[C@H](CC(C)C)OC(=O)C(C)(C)CNC2=O)cc1Cl. The van der Waals surface area contributed by atoms with Crippen molar-refractivity contribution in [3.05, 3.63) is 75.8 Å². The Labute approximate surface area is 294 Å². The molecule has 2 aromatic carbocycles. The van der Waals surface area contributed by atoms with Crippen LogP contribution in [-0.2, 0) is 39.8 Å². The molecule has 6 atom stereocenters. The van der Waals surface area contributed by atoms with E-state index >= 15 is 0 Å². The third-order valence-electron chi connectivity index (χ3n) is 9.14. The van der Waals surface area contributed by atoms with Gasteiger partial charge in [0.25, 0.3) is 0 Å². The lowest BCUT2D eigenvalue weighted by Crippen LogP contribution is -2.51. The van der Waals surface area contributed by atoms with Gasteiger partial charge in [0.05, 0.1) is 23.7 Å².